The average Bonchev–Trinajstić information content (AvgIpc) is 3.03. The number of aliphatic hydroxyl groups is 1. The number of rotatable bonds is 4. The zero-order chi connectivity index (χ0) is 16.2. The van der Waals surface area contributed by atoms with Gasteiger partial charge >= 0.3 is 6.03 Å². The zero-order valence-electron chi connectivity index (χ0n) is 12.4. The van der Waals surface area contributed by atoms with Crippen LogP contribution >= 0.6 is 0 Å². The molecule has 0 radical (unpaired) electrons. The normalized spacial score (nSPS) is 12.1. The Morgan fingerprint density at radius 1 is 1.43 bits per heavy atom. The van der Waals surface area contributed by atoms with E-state index in [4.69, 9.17) is 0 Å². The molecule has 3 rings (SSSR count). The van der Waals surface area contributed by atoms with E-state index in [9.17, 15) is 9.90 Å². The predicted molar refractivity (Wildman–Crippen MR) is 84.6 cm³/mol. The maximum absolute atomic E-state index is 12.1. The summed E-state index contributed by atoms with van der Waals surface area (Å²) in [6, 6.07) is 6.52. The Labute approximate surface area is 132 Å². The van der Waals surface area contributed by atoms with Crippen molar-refractivity contribution in [2.24, 2.45) is 0 Å². The molecule has 118 valence electrons. The number of nitrogens with one attached hydrogen (secondary N) is 3. The maximum Gasteiger partial charge on any atom is 0.320 e. The van der Waals surface area contributed by atoms with Crippen molar-refractivity contribution in [1.82, 2.24) is 25.5 Å². The van der Waals surface area contributed by atoms with Crippen LogP contribution in [0.4, 0.5) is 10.6 Å². The van der Waals surface area contributed by atoms with Crippen LogP contribution in [0.3, 0.4) is 0 Å². The van der Waals surface area contributed by atoms with Gasteiger partial charge < -0.3 is 10.4 Å². The first kappa shape index (κ1) is 14.9. The number of anilines is 1. The molecule has 3 aromatic rings. The smallest absolute Gasteiger partial charge is 0.320 e. The maximum atomic E-state index is 12.1. The number of pyridine rings is 2. The van der Waals surface area contributed by atoms with Crippen molar-refractivity contribution in [2.45, 2.75) is 19.6 Å². The molecule has 8 nitrogen and oxygen atoms in total. The summed E-state index contributed by atoms with van der Waals surface area (Å²) >= 11 is 0. The van der Waals surface area contributed by atoms with Gasteiger partial charge in [0.05, 0.1) is 35.8 Å². The second-order valence-corrected chi connectivity index (χ2v) is 5.02. The number of hydrogen-bond donors (Lipinski definition) is 4. The van der Waals surface area contributed by atoms with Gasteiger partial charge in [0.25, 0.3) is 0 Å². The van der Waals surface area contributed by atoms with Gasteiger partial charge in [-0.3, -0.25) is 15.4 Å². The molecule has 4 N–H and O–H groups in total. The number of H-pyrrole nitrogens is 1. The number of nitrogens with zero attached hydrogens (tertiary/aromatic N) is 3. The van der Waals surface area contributed by atoms with E-state index in [0.29, 0.717) is 17.0 Å². The van der Waals surface area contributed by atoms with Crippen LogP contribution in [-0.4, -0.2) is 31.3 Å². The summed E-state index contributed by atoms with van der Waals surface area (Å²) in [5.41, 5.74) is 1.90. The highest BCUT2D eigenvalue weighted by Crippen LogP contribution is 2.19. The van der Waals surface area contributed by atoms with E-state index in [1.54, 1.807) is 18.5 Å². The number of aromatic amines is 1. The van der Waals surface area contributed by atoms with Crippen molar-refractivity contribution < 1.29 is 9.90 Å². The van der Waals surface area contributed by atoms with Gasteiger partial charge in [0.15, 0.2) is 0 Å². The fourth-order valence-corrected chi connectivity index (χ4v) is 2.25. The van der Waals surface area contributed by atoms with Crippen molar-refractivity contribution in [2.75, 3.05) is 5.32 Å². The Kier molecular flexibility index (Phi) is 4.15. The van der Waals surface area contributed by atoms with Crippen LogP contribution in [0.15, 0.2) is 36.7 Å². The number of urea groups is 1. The molecule has 0 aromatic carbocycles. The lowest BCUT2D eigenvalue weighted by Gasteiger charge is -2.14. The van der Waals surface area contributed by atoms with Crippen molar-refractivity contribution in [3.8, 4) is 0 Å². The summed E-state index contributed by atoms with van der Waals surface area (Å²) in [4.78, 5) is 20.5. The topological polar surface area (TPSA) is 116 Å². The van der Waals surface area contributed by atoms with Crippen molar-refractivity contribution in [3.05, 3.63) is 48.0 Å². The lowest BCUT2D eigenvalue weighted by Crippen LogP contribution is -2.31. The predicted octanol–water partition coefficient (Wildman–Crippen LogP) is 1.73. The fourth-order valence-electron chi connectivity index (χ4n) is 2.25. The largest absolute Gasteiger partial charge is 0.390 e. The van der Waals surface area contributed by atoms with Gasteiger partial charge in [-0.25, -0.2) is 9.78 Å². The molecule has 0 unspecified atom stereocenters. The molecule has 0 aliphatic heterocycles. The van der Waals surface area contributed by atoms with Gasteiger partial charge in [-0.15, -0.1) is 0 Å². The Morgan fingerprint density at radius 2 is 2.30 bits per heavy atom. The summed E-state index contributed by atoms with van der Waals surface area (Å²) in [5.74, 6) is 0.330. The number of amides is 2. The molecule has 0 saturated carbocycles. The lowest BCUT2D eigenvalue weighted by atomic mass is 10.2. The van der Waals surface area contributed by atoms with Crippen LogP contribution in [0.25, 0.3) is 10.9 Å². The molecule has 3 aromatic heterocycles. The number of fused-ring (bicyclic) bond motifs is 1. The highest BCUT2D eigenvalue weighted by Gasteiger charge is 2.13. The molecule has 23 heavy (non-hydrogen) atoms. The van der Waals surface area contributed by atoms with E-state index in [1.807, 2.05) is 25.1 Å². The minimum Gasteiger partial charge on any atom is -0.390 e. The molecule has 2 amide bonds. The molecule has 0 aliphatic rings. The van der Waals surface area contributed by atoms with Gasteiger partial charge in [-0.2, -0.15) is 5.10 Å². The highest BCUT2D eigenvalue weighted by molar-refractivity contribution is 5.91. The zero-order valence-corrected chi connectivity index (χ0v) is 12.4. The number of carbonyl (C=O) groups excluding carboxylic acids is 1. The van der Waals surface area contributed by atoms with Crippen LogP contribution in [0.2, 0.25) is 0 Å². The summed E-state index contributed by atoms with van der Waals surface area (Å²) in [6.07, 6.45) is 3.26. The van der Waals surface area contributed by atoms with Crippen LogP contribution in [0.5, 0.6) is 0 Å². The van der Waals surface area contributed by atoms with E-state index in [-0.39, 0.29) is 12.6 Å². The number of hydrogen-bond acceptors (Lipinski definition) is 5. The van der Waals surface area contributed by atoms with Gasteiger partial charge in [0, 0.05) is 17.6 Å². The van der Waals surface area contributed by atoms with E-state index in [1.165, 1.54) is 0 Å². The molecule has 0 bridgehead atoms. The Balaban J connectivity index is 1.72. The third kappa shape index (κ3) is 3.27. The number of aromatic nitrogens is 4. The Hall–Kier alpha value is -3.00. The van der Waals surface area contributed by atoms with Crippen molar-refractivity contribution >= 4 is 22.8 Å². The minimum atomic E-state index is -0.404. The van der Waals surface area contributed by atoms with Crippen LogP contribution in [-0.2, 0) is 6.61 Å². The highest BCUT2D eigenvalue weighted by atomic mass is 16.3. The molecule has 3 heterocycles. The number of aliphatic hydroxyl groups excluding tert-OH is 1. The van der Waals surface area contributed by atoms with Gasteiger partial charge in [0.1, 0.15) is 5.82 Å². The summed E-state index contributed by atoms with van der Waals surface area (Å²) in [7, 11) is 0. The summed E-state index contributed by atoms with van der Waals surface area (Å²) in [6.45, 7) is 1.60. The molecule has 0 fully saturated rings. The van der Waals surface area contributed by atoms with Gasteiger partial charge in [0.2, 0.25) is 0 Å². The summed E-state index contributed by atoms with van der Waals surface area (Å²) in [5, 5.41) is 22.2. The number of carbonyl (C=O) groups is 1. The Bertz CT molecular complexity index is 817. The Morgan fingerprint density at radius 3 is 3.04 bits per heavy atom. The van der Waals surface area contributed by atoms with E-state index in [0.717, 1.165) is 11.1 Å². The second-order valence-electron chi connectivity index (χ2n) is 5.02. The molecule has 0 spiro atoms. The van der Waals surface area contributed by atoms with Gasteiger partial charge in [-0.05, 0) is 19.1 Å². The standard InChI is InChI=1S/C15H16N6O2/c1-9(11-4-2-3-5-16-11)18-15(23)20-14-6-12-10(7-17-21-12)13(8-22)19-14/h2-7,9,22H,8H2,1H3,(H,17,21)(H2,18,19,20,23)/t9-/m0/s1. The van der Waals surface area contributed by atoms with Gasteiger partial charge in [-0.1, -0.05) is 6.07 Å². The van der Waals surface area contributed by atoms with Crippen LogP contribution in [0, 0.1) is 0 Å². The van der Waals surface area contributed by atoms with Crippen LogP contribution in [0.1, 0.15) is 24.4 Å². The van der Waals surface area contributed by atoms with Crippen molar-refractivity contribution in [3.63, 3.8) is 0 Å². The van der Waals surface area contributed by atoms with Crippen LogP contribution < -0.4 is 10.6 Å². The van der Waals surface area contributed by atoms with E-state index in [2.05, 4.69) is 30.8 Å². The quantitative estimate of drug-likeness (QED) is 0.585. The summed E-state index contributed by atoms with van der Waals surface area (Å²) < 4.78 is 0. The second kappa shape index (κ2) is 6.41. The third-order valence-corrected chi connectivity index (χ3v) is 3.39. The molecule has 8 heteroatoms. The third-order valence-electron chi connectivity index (χ3n) is 3.39. The lowest BCUT2D eigenvalue weighted by molar-refractivity contribution is 0.249. The molecular formula is C15H16N6O2. The first-order valence-corrected chi connectivity index (χ1v) is 7.09. The fraction of sp³-hybridized carbons (Fsp3) is 0.200. The minimum absolute atomic E-state index is 0.239. The van der Waals surface area contributed by atoms with E-state index < -0.39 is 6.03 Å². The first-order valence-electron chi connectivity index (χ1n) is 7.09. The van der Waals surface area contributed by atoms with E-state index >= 15 is 0 Å². The first-order chi connectivity index (χ1) is 11.2. The molecule has 1 atom stereocenters. The van der Waals surface area contributed by atoms with Crippen molar-refractivity contribution in [1.29, 1.82) is 0 Å². The monoisotopic (exact) mass is 312 g/mol. The molecular weight excluding hydrogens is 296 g/mol. The average molecular weight is 312 g/mol. The SMILES string of the molecule is C[C@H](NC(=O)Nc1cc2[nH]ncc2c(CO)n1)c1ccccn1. The molecule has 0 aliphatic carbocycles. The molecule has 0 saturated heterocycles.